The number of likely N-dealkylation sites (tertiary alicyclic amines) is 1. The van der Waals surface area contributed by atoms with Crippen LogP contribution in [0.25, 0.3) is 5.69 Å². The second-order valence-electron chi connectivity index (χ2n) is 7.37. The van der Waals surface area contributed by atoms with Crippen LogP contribution in [0.2, 0.25) is 0 Å². The summed E-state index contributed by atoms with van der Waals surface area (Å²) in [5.74, 6) is 0.896. The zero-order valence-electron chi connectivity index (χ0n) is 17.1. The number of hydrogen-bond acceptors (Lipinski definition) is 3. The first-order valence-corrected chi connectivity index (χ1v) is 10.0. The van der Waals surface area contributed by atoms with Gasteiger partial charge in [0.1, 0.15) is 0 Å². The third kappa shape index (κ3) is 6.48. The molecule has 0 saturated carbocycles. The monoisotopic (exact) mass is 496 g/mol. The summed E-state index contributed by atoms with van der Waals surface area (Å²) in [5.41, 5.74) is 2.17. The van der Waals surface area contributed by atoms with Gasteiger partial charge in [-0.05, 0) is 45.7 Å². The van der Waals surface area contributed by atoms with Crippen molar-refractivity contribution in [1.82, 2.24) is 25.3 Å². The highest BCUT2D eigenvalue weighted by molar-refractivity contribution is 14.0. The second-order valence-corrected chi connectivity index (χ2v) is 7.37. The van der Waals surface area contributed by atoms with Crippen LogP contribution >= 0.6 is 24.0 Å². The maximum atomic E-state index is 4.77. The number of para-hydroxylation sites is 1. The molecule has 2 N–H and O–H groups in total. The Morgan fingerprint density at radius 2 is 1.93 bits per heavy atom. The number of rotatable bonds is 6. The summed E-state index contributed by atoms with van der Waals surface area (Å²) >= 11 is 0. The van der Waals surface area contributed by atoms with Gasteiger partial charge in [0.15, 0.2) is 5.96 Å². The molecule has 1 aromatic heterocycles. The molecule has 0 spiro atoms. The van der Waals surface area contributed by atoms with E-state index in [0.29, 0.717) is 18.6 Å². The lowest BCUT2D eigenvalue weighted by Gasteiger charge is -2.35. The first-order valence-electron chi connectivity index (χ1n) is 10.0. The fraction of sp³-hybridized carbons (Fsp3) is 0.524. The minimum atomic E-state index is 0. The van der Waals surface area contributed by atoms with Gasteiger partial charge in [-0.15, -0.1) is 24.0 Å². The summed E-state index contributed by atoms with van der Waals surface area (Å²) in [6, 6.07) is 11.3. The van der Waals surface area contributed by atoms with E-state index in [4.69, 9.17) is 4.99 Å². The molecule has 0 aliphatic carbocycles. The van der Waals surface area contributed by atoms with Gasteiger partial charge in [0, 0.05) is 43.5 Å². The topological polar surface area (TPSA) is 57.5 Å². The number of guanidine groups is 1. The molecular formula is C21H33IN6. The van der Waals surface area contributed by atoms with E-state index in [0.717, 1.165) is 49.7 Å². The number of aliphatic imine (C=N–C) groups is 1. The molecular weight excluding hydrogens is 463 g/mol. The molecule has 3 rings (SSSR count). The average molecular weight is 496 g/mol. The molecule has 0 amide bonds. The van der Waals surface area contributed by atoms with E-state index in [1.807, 2.05) is 35.3 Å². The Balaban J connectivity index is 0.00000280. The summed E-state index contributed by atoms with van der Waals surface area (Å²) in [4.78, 5) is 7.31. The fourth-order valence-corrected chi connectivity index (χ4v) is 3.41. The molecule has 1 aliphatic rings. The van der Waals surface area contributed by atoms with Gasteiger partial charge in [0.05, 0.1) is 18.4 Å². The number of nitrogens with one attached hydrogen (secondary N) is 2. The van der Waals surface area contributed by atoms with Gasteiger partial charge in [0.2, 0.25) is 0 Å². The molecule has 1 saturated heterocycles. The number of hydrogen-bond donors (Lipinski definition) is 2. The Bertz CT molecular complexity index is 720. The van der Waals surface area contributed by atoms with Gasteiger partial charge in [-0.25, -0.2) is 9.67 Å². The van der Waals surface area contributed by atoms with Crippen LogP contribution in [0, 0.1) is 0 Å². The standard InChI is InChI=1S/C21H32N6.HI/c1-4-22-21(25-19-10-12-26(13-11-19)17(2)3)23-14-18-15-24-27(16-18)20-8-6-5-7-9-20;/h5-9,15-17,19H,4,10-14H2,1-3H3,(H2,22,23,25);1H. The highest BCUT2D eigenvalue weighted by Crippen LogP contribution is 2.13. The highest BCUT2D eigenvalue weighted by Gasteiger charge is 2.21. The van der Waals surface area contributed by atoms with Crippen LogP contribution < -0.4 is 10.6 Å². The van der Waals surface area contributed by atoms with Crippen molar-refractivity contribution < 1.29 is 0 Å². The maximum Gasteiger partial charge on any atom is 0.191 e. The summed E-state index contributed by atoms with van der Waals surface area (Å²) in [5, 5.41) is 11.4. The zero-order valence-corrected chi connectivity index (χ0v) is 19.5. The molecule has 154 valence electrons. The largest absolute Gasteiger partial charge is 0.357 e. The highest BCUT2D eigenvalue weighted by atomic mass is 127. The van der Waals surface area contributed by atoms with Crippen LogP contribution in [-0.4, -0.2) is 52.4 Å². The third-order valence-corrected chi connectivity index (χ3v) is 5.02. The summed E-state index contributed by atoms with van der Waals surface area (Å²) in [7, 11) is 0. The van der Waals surface area contributed by atoms with Crippen molar-refractivity contribution in [3.05, 3.63) is 48.3 Å². The lowest BCUT2D eigenvalue weighted by Crippen LogP contribution is -2.49. The molecule has 1 aliphatic heterocycles. The Morgan fingerprint density at radius 1 is 1.21 bits per heavy atom. The quantitative estimate of drug-likeness (QED) is 0.366. The molecule has 7 heteroatoms. The summed E-state index contributed by atoms with van der Waals surface area (Å²) < 4.78 is 1.90. The van der Waals surface area contributed by atoms with Gasteiger partial charge in [-0.1, -0.05) is 18.2 Å². The van der Waals surface area contributed by atoms with E-state index in [2.05, 4.69) is 53.5 Å². The lowest BCUT2D eigenvalue weighted by molar-refractivity contribution is 0.167. The van der Waals surface area contributed by atoms with Crippen molar-refractivity contribution in [1.29, 1.82) is 0 Å². The van der Waals surface area contributed by atoms with E-state index < -0.39 is 0 Å². The predicted octanol–water partition coefficient (Wildman–Crippen LogP) is 3.42. The smallest absolute Gasteiger partial charge is 0.191 e. The molecule has 0 unspecified atom stereocenters. The van der Waals surface area contributed by atoms with Crippen LogP contribution in [0.15, 0.2) is 47.7 Å². The Kier molecular flexibility index (Phi) is 9.24. The van der Waals surface area contributed by atoms with Crippen molar-refractivity contribution in [3.63, 3.8) is 0 Å². The van der Waals surface area contributed by atoms with Gasteiger partial charge in [-0.3, -0.25) is 0 Å². The zero-order chi connectivity index (χ0) is 19.1. The number of halogens is 1. The maximum absolute atomic E-state index is 4.77. The van der Waals surface area contributed by atoms with Crippen molar-refractivity contribution in [3.8, 4) is 5.69 Å². The SMILES string of the molecule is CCNC(=NCc1cnn(-c2ccccc2)c1)NC1CCN(C(C)C)CC1.I. The molecule has 2 heterocycles. The van der Waals surface area contributed by atoms with Crippen LogP contribution in [-0.2, 0) is 6.54 Å². The van der Waals surface area contributed by atoms with Crippen molar-refractivity contribution in [2.75, 3.05) is 19.6 Å². The van der Waals surface area contributed by atoms with Crippen LogP contribution in [0.3, 0.4) is 0 Å². The molecule has 0 radical (unpaired) electrons. The number of piperidine rings is 1. The first kappa shape index (κ1) is 22.7. The molecule has 28 heavy (non-hydrogen) atoms. The number of nitrogens with zero attached hydrogens (tertiary/aromatic N) is 4. The van der Waals surface area contributed by atoms with Crippen molar-refractivity contribution in [2.45, 2.75) is 52.2 Å². The molecule has 0 atom stereocenters. The van der Waals surface area contributed by atoms with E-state index in [1.165, 1.54) is 0 Å². The Hall–Kier alpha value is -1.61. The normalized spacial score (nSPS) is 16.1. The third-order valence-electron chi connectivity index (χ3n) is 5.02. The minimum absolute atomic E-state index is 0. The average Bonchev–Trinajstić information content (AvgIpc) is 3.16. The fourth-order valence-electron chi connectivity index (χ4n) is 3.41. The molecule has 6 nitrogen and oxygen atoms in total. The summed E-state index contributed by atoms with van der Waals surface area (Å²) in [6.45, 7) is 10.4. The lowest BCUT2D eigenvalue weighted by atomic mass is 10.0. The molecule has 0 bridgehead atoms. The summed E-state index contributed by atoms with van der Waals surface area (Å²) in [6.07, 6.45) is 6.26. The van der Waals surface area contributed by atoms with Crippen molar-refractivity contribution in [2.24, 2.45) is 4.99 Å². The predicted molar refractivity (Wildman–Crippen MR) is 127 cm³/mol. The van der Waals surface area contributed by atoms with Gasteiger partial charge >= 0.3 is 0 Å². The van der Waals surface area contributed by atoms with E-state index >= 15 is 0 Å². The molecule has 1 fully saturated rings. The first-order chi connectivity index (χ1) is 13.2. The Morgan fingerprint density at radius 3 is 2.57 bits per heavy atom. The van der Waals surface area contributed by atoms with Crippen LogP contribution in [0.4, 0.5) is 0 Å². The molecule has 2 aromatic rings. The van der Waals surface area contributed by atoms with E-state index in [9.17, 15) is 0 Å². The minimum Gasteiger partial charge on any atom is -0.357 e. The van der Waals surface area contributed by atoms with Crippen molar-refractivity contribution >= 4 is 29.9 Å². The Labute approximate surface area is 185 Å². The van der Waals surface area contributed by atoms with Crippen LogP contribution in [0.1, 0.15) is 39.2 Å². The number of benzene rings is 1. The van der Waals surface area contributed by atoms with Crippen LogP contribution in [0.5, 0.6) is 0 Å². The van der Waals surface area contributed by atoms with Gasteiger partial charge < -0.3 is 15.5 Å². The van der Waals surface area contributed by atoms with Gasteiger partial charge in [-0.2, -0.15) is 5.10 Å². The van der Waals surface area contributed by atoms with Gasteiger partial charge in [0.25, 0.3) is 0 Å². The number of aromatic nitrogens is 2. The molecule has 1 aromatic carbocycles. The van der Waals surface area contributed by atoms with E-state index in [1.54, 1.807) is 0 Å². The second kappa shape index (κ2) is 11.4. The van der Waals surface area contributed by atoms with E-state index in [-0.39, 0.29) is 24.0 Å².